The molecule has 0 saturated heterocycles. The Morgan fingerprint density at radius 3 is 2.45 bits per heavy atom. The van der Waals surface area contributed by atoms with Crippen molar-refractivity contribution in [2.75, 3.05) is 5.32 Å². The Balaban J connectivity index is 0.00000420. The molecule has 0 aromatic heterocycles. The minimum atomic E-state index is -4.63. The van der Waals surface area contributed by atoms with E-state index in [0.29, 0.717) is 12.0 Å². The van der Waals surface area contributed by atoms with Crippen LogP contribution in [0.3, 0.4) is 0 Å². The van der Waals surface area contributed by atoms with Gasteiger partial charge >= 0.3 is 12.5 Å². The van der Waals surface area contributed by atoms with Crippen molar-refractivity contribution in [1.82, 2.24) is 4.72 Å². The van der Waals surface area contributed by atoms with Gasteiger partial charge in [-0.2, -0.15) is 24.0 Å². The first kappa shape index (κ1) is 25.9. The third-order valence-electron chi connectivity index (χ3n) is 4.09. The first-order valence-electron chi connectivity index (χ1n) is 8.17. The number of hydrogen-bond donors (Lipinski definition) is 2. The van der Waals surface area contributed by atoms with Gasteiger partial charge in [0.25, 0.3) is 5.91 Å². The fourth-order valence-corrected chi connectivity index (χ4v) is 2.52. The quantitative estimate of drug-likeness (QED) is 0.313. The van der Waals surface area contributed by atoms with E-state index in [-0.39, 0.29) is 38.4 Å². The van der Waals surface area contributed by atoms with Crippen LogP contribution in [0.25, 0.3) is 0 Å². The van der Waals surface area contributed by atoms with Crippen molar-refractivity contribution in [3.05, 3.63) is 66.6 Å². The monoisotopic (exact) mass is 503 g/mol. The zero-order chi connectivity index (χ0) is 20.9. The average molecular weight is 503 g/mol. The largest absolute Gasteiger partial charge is 0.705 e. The maximum Gasteiger partial charge on any atom is 0.461 e. The van der Waals surface area contributed by atoms with Crippen LogP contribution in [-0.4, -0.2) is 18.4 Å². The smallest absolute Gasteiger partial charge is 0.461 e. The molecule has 1 amide bonds. The number of anilines is 1. The average Bonchev–Trinajstić information content (AvgIpc) is 2.67. The van der Waals surface area contributed by atoms with Crippen LogP contribution in [0, 0.1) is 6.92 Å². The SMILES string of the molecule is [CH2-]CC(C)(N[S-])c1cccc(C(=O)Nc2cccc(OC(F)(F)C(F)F)c2)c1.[Y]. The Morgan fingerprint density at radius 2 is 1.86 bits per heavy atom. The first-order chi connectivity index (χ1) is 13.1. The fraction of sp³-hybridized carbons (Fsp3) is 0.263. The molecule has 0 spiro atoms. The number of alkyl halides is 4. The van der Waals surface area contributed by atoms with Crippen molar-refractivity contribution >= 4 is 24.4 Å². The Morgan fingerprint density at radius 1 is 1.21 bits per heavy atom. The molecule has 0 aliphatic heterocycles. The molecule has 0 saturated carbocycles. The molecule has 2 N–H and O–H groups in total. The normalized spacial score (nSPS) is 13.4. The Kier molecular flexibility index (Phi) is 9.59. The van der Waals surface area contributed by atoms with Crippen LogP contribution in [0.5, 0.6) is 5.75 Å². The maximum atomic E-state index is 13.0. The molecule has 29 heavy (non-hydrogen) atoms. The molecule has 0 fully saturated rings. The van der Waals surface area contributed by atoms with Crippen molar-refractivity contribution in [2.24, 2.45) is 0 Å². The summed E-state index contributed by atoms with van der Waals surface area (Å²) in [6.45, 7) is 5.68. The summed E-state index contributed by atoms with van der Waals surface area (Å²) in [5, 5.41) is 2.51. The minimum Gasteiger partial charge on any atom is -0.705 e. The summed E-state index contributed by atoms with van der Waals surface area (Å²) >= 11 is 4.94. The van der Waals surface area contributed by atoms with Crippen LogP contribution < -0.4 is 14.8 Å². The van der Waals surface area contributed by atoms with Crippen LogP contribution >= 0.6 is 0 Å². The number of carbonyl (C=O) groups is 1. The Labute approximate surface area is 197 Å². The van der Waals surface area contributed by atoms with Gasteiger partial charge in [0.2, 0.25) is 0 Å². The number of benzene rings is 2. The molecule has 10 heteroatoms. The third-order valence-corrected chi connectivity index (χ3v) is 4.54. The van der Waals surface area contributed by atoms with Gasteiger partial charge in [-0.15, -0.1) is 0 Å². The molecule has 4 nitrogen and oxygen atoms in total. The molecule has 0 aliphatic carbocycles. The molecule has 0 bridgehead atoms. The third kappa shape index (κ3) is 6.67. The number of ether oxygens (including phenoxy) is 1. The summed E-state index contributed by atoms with van der Waals surface area (Å²) in [7, 11) is 0. The van der Waals surface area contributed by atoms with Gasteiger partial charge in [0, 0.05) is 50.0 Å². The van der Waals surface area contributed by atoms with Gasteiger partial charge in [-0.3, -0.25) is 4.79 Å². The summed E-state index contributed by atoms with van der Waals surface area (Å²) in [6.07, 6.45) is -8.17. The van der Waals surface area contributed by atoms with Gasteiger partial charge in [-0.05, 0) is 42.3 Å². The van der Waals surface area contributed by atoms with Gasteiger partial charge in [-0.1, -0.05) is 18.2 Å². The predicted octanol–water partition coefficient (Wildman–Crippen LogP) is 4.66. The van der Waals surface area contributed by atoms with Gasteiger partial charge in [-0.25, -0.2) is 0 Å². The number of carbonyl (C=O) groups excluding carboxylic acids is 1. The van der Waals surface area contributed by atoms with Crippen LogP contribution in [0.2, 0.25) is 0 Å². The van der Waals surface area contributed by atoms with E-state index >= 15 is 0 Å². The van der Waals surface area contributed by atoms with E-state index in [2.05, 4.69) is 21.7 Å². The predicted molar refractivity (Wildman–Crippen MR) is 100 cm³/mol. The molecule has 1 unspecified atom stereocenters. The molecule has 155 valence electrons. The number of halogens is 4. The van der Waals surface area contributed by atoms with Crippen molar-refractivity contribution < 1.29 is 59.8 Å². The summed E-state index contributed by atoms with van der Waals surface area (Å²) < 4.78 is 57.4. The van der Waals surface area contributed by atoms with Gasteiger partial charge < -0.3 is 34.5 Å². The summed E-state index contributed by atoms with van der Waals surface area (Å²) in [4.78, 5) is 12.5. The van der Waals surface area contributed by atoms with E-state index in [1.54, 1.807) is 24.3 Å². The van der Waals surface area contributed by atoms with Crippen LogP contribution in [0.1, 0.15) is 29.3 Å². The van der Waals surface area contributed by atoms with Crippen LogP contribution in [0.4, 0.5) is 23.2 Å². The number of rotatable bonds is 8. The molecule has 0 heterocycles. The van der Waals surface area contributed by atoms with Crippen molar-refractivity contribution in [3.8, 4) is 5.75 Å². The number of nitrogens with one attached hydrogen (secondary N) is 2. The van der Waals surface area contributed by atoms with Crippen LogP contribution in [0.15, 0.2) is 48.5 Å². The second-order valence-electron chi connectivity index (χ2n) is 6.21. The Hall–Kier alpha value is -1.16. The molecule has 2 aromatic carbocycles. The minimum absolute atomic E-state index is 0. The van der Waals surface area contributed by atoms with E-state index in [4.69, 9.17) is 12.8 Å². The van der Waals surface area contributed by atoms with E-state index in [1.807, 2.05) is 6.92 Å². The van der Waals surface area contributed by atoms with Crippen LogP contribution in [-0.2, 0) is 51.1 Å². The second kappa shape index (κ2) is 10.7. The van der Waals surface area contributed by atoms with Gasteiger partial charge in [0.15, 0.2) is 0 Å². The molecule has 0 aliphatic rings. The summed E-state index contributed by atoms with van der Waals surface area (Å²) in [5.41, 5.74) is 0.546. The zero-order valence-corrected chi connectivity index (χ0v) is 19.1. The van der Waals surface area contributed by atoms with Gasteiger partial charge in [0.05, 0.1) is 0 Å². The van der Waals surface area contributed by atoms with Gasteiger partial charge in [0.1, 0.15) is 5.75 Å². The first-order valence-corrected chi connectivity index (χ1v) is 8.57. The fourth-order valence-electron chi connectivity index (χ4n) is 2.30. The van der Waals surface area contributed by atoms with Crippen molar-refractivity contribution in [1.29, 1.82) is 0 Å². The van der Waals surface area contributed by atoms with Crippen molar-refractivity contribution in [2.45, 2.75) is 31.4 Å². The summed E-state index contributed by atoms with van der Waals surface area (Å²) in [6, 6.07) is 11.5. The molecular weight excluding hydrogens is 485 g/mol. The standard InChI is InChI=1S/C19H18F4N2O2S.Y/c1-3-18(2,25-28)13-7-4-6-12(10-13)16(26)24-14-8-5-9-15(11-14)27-19(22,23)17(20)21;/h4-11,17,25H,1,3H2,2H3,(H,24,26);/q-2;. The molecular formula is C19H18F4N2O2SY-2. The number of hydrogen-bond acceptors (Lipinski definition) is 4. The van der Waals surface area contributed by atoms with E-state index in [1.165, 1.54) is 12.1 Å². The molecule has 1 radical (unpaired) electrons. The second-order valence-corrected chi connectivity index (χ2v) is 6.42. The van der Waals surface area contributed by atoms with E-state index in [9.17, 15) is 22.4 Å². The zero-order valence-electron chi connectivity index (χ0n) is 15.4. The summed E-state index contributed by atoms with van der Waals surface area (Å²) in [5.74, 6) is -1.02. The van der Waals surface area contributed by atoms with E-state index in [0.717, 1.165) is 17.7 Å². The maximum absolute atomic E-state index is 13.0. The molecule has 2 rings (SSSR count). The molecule has 2 aromatic rings. The van der Waals surface area contributed by atoms with Crippen molar-refractivity contribution in [3.63, 3.8) is 0 Å². The topological polar surface area (TPSA) is 50.4 Å². The molecule has 1 atom stereocenters. The Bertz CT molecular complexity index is 835. The van der Waals surface area contributed by atoms with E-state index < -0.39 is 29.7 Å². The number of amides is 1.